The Morgan fingerprint density at radius 2 is 2.00 bits per heavy atom. The van der Waals surface area contributed by atoms with E-state index < -0.39 is 0 Å². The molecule has 0 amide bonds. The zero-order chi connectivity index (χ0) is 13.9. The Morgan fingerprint density at radius 3 is 2.58 bits per heavy atom. The van der Waals surface area contributed by atoms with Gasteiger partial charge < -0.3 is 4.57 Å². The van der Waals surface area contributed by atoms with Crippen LogP contribution >= 0.6 is 0 Å². The summed E-state index contributed by atoms with van der Waals surface area (Å²) in [5.41, 5.74) is 3.41. The number of pyridine rings is 1. The second-order valence-corrected chi connectivity index (χ2v) is 5.72. The Bertz CT molecular complexity index is 580. The lowest BCUT2D eigenvalue weighted by molar-refractivity contribution is 0.513. The molecule has 0 fully saturated rings. The normalized spacial score (nSPS) is 11.3. The van der Waals surface area contributed by atoms with E-state index in [1.165, 1.54) is 5.69 Å². The minimum absolute atomic E-state index is 0.0964. The van der Waals surface area contributed by atoms with Crippen molar-refractivity contribution < 1.29 is 0 Å². The van der Waals surface area contributed by atoms with Crippen LogP contribution in [-0.2, 0) is 18.4 Å². The number of hydrogen-bond donors (Lipinski definition) is 0. The van der Waals surface area contributed by atoms with E-state index in [9.17, 15) is 0 Å². The minimum Gasteiger partial charge on any atom is -0.337 e. The monoisotopic (exact) mass is 252 g/mol. The third kappa shape index (κ3) is 3.06. The zero-order valence-electron chi connectivity index (χ0n) is 11.9. The molecule has 0 radical (unpaired) electrons. The Kier molecular flexibility index (Phi) is 3.76. The van der Waals surface area contributed by atoms with E-state index >= 15 is 0 Å². The standard InChI is InChI=1S/C17H20N2/c1-5-15-9-10-16(17(2,3)4)19(15)13-11-14-8-6-7-12-18-14/h1,6-10,12H,11,13H2,2-4H3. The van der Waals surface area contributed by atoms with Gasteiger partial charge in [0.15, 0.2) is 0 Å². The summed E-state index contributed by atoms with van der Waals surface area (Å²) in [6, 6.07) is 10.2. The zero-order valence-corrected chi connectivity index (χ0v) is 11.9. The van der Waals surface area contributed by atoms with E-state index in [2.05, 4.69) is 48.4 Å². The Balaban J connectivity index is 2.24. The van der Waals surface area contributed by atoms with Crippen LogP contribution < -0.4 is 0 Å². The summed E-state index contributed by atoms with van der Waals surface area (Å²) in [7, 11) is 0. The average molecular weight is 252 g/mol. The molecule has 0 N–H and O–H groups in total. The molecule has 0 unspecified atom stereocenters. The first-order valence-corrected chi connectivity index (χ1v) is 6.59. The molecule has 0 saturated heterocycles. The molecule has 2 heteroatoms. The number of aryl methyl sites for hydroxylation is 1. The first-order valence-electron chi connectivity index (χ1n) is 6.59. The molecular weight excluding hydrogens is 232 g/mol. The molecule has 98 valence electrons. The van der Waals surface area contributed by atoms with Gasteiger partial charge >= 0.3 is 0 Å². The van der Waals surface area contributed by atoms with Crippen LogP contribution in [0.25, 0.3) is 0 Å². The van der Waals surface area contributed by atoms with Gasteiger partial charge in [-0.2, -0.15) is 0 Å². The van der Waals surface area contributed by atoms with Gasteiger partial charge in [-0.05, 0) is 24.3 Å². The van der Waals surface area contributed by atoms with E-state index in [0.29, 0.717) is 0 Å². The van der Waals surface area contributed by atoms with Crippen molar-refractivity contribution in [1.29, 1.82) is 0 Å². The fourth-order valence-electron chi connectivity index (χ4n) is 2.26. The molecular formula is C17H20N2. The molecule has 0 aliphatic carbocycles. The van der Waals surface area contributed by atoms with Crippen LogP contribution in [0.5, 0.6) is 0 Å². The topological polar surface area (TPSA) is 17.8 Å². The minimum atomic E-state index is 0.0964. The molecule has 0 saturated carbocycles. The number of aromatic nitrogens is 2. The maximum Gasteiger partial charge on any atom is 0.0919 e. The summed E-state index contributed by atoms with van der Waals surface area (Å²) in [5, 5.41) is 0. The maximum absolute atomic E-state index is 5.59. The van der Waals surface area contributed by atoms with Gasteiger partial charge in [0, 0.05) is 36.0 Å². The Labute approximate surface area is 115 Å². The predicted octanol–water partition coefficient (Wildman–Crippen LogP) is 3.40. The summed E-state index contributed by atoms with van der Waals surface area (Å²) in [6.07, 6.45) is 8.32. The fourth-order valence-corrected chi connectivity index (χ4v) is 2.26. The van der Waals surface area contributed by atoms with Crippen molar-refractivity contribution in [3.63, 3.8) is 0 Å². The Hall–Kier alpha value is -2.01. The van der Waals surface area contributed by atoms with Crippen molar-refractivity contribution in [2.45, 2.75) is 39.2 Å². The van der Waals surface area contributed by atoms with Crippen molar-refractivity contribution in [1.82, 2.24) is 9.55 Å². The first kappa shape index (κ1) is 13.4. The van der Waals surface area contributed by atoms with E-state index in [-0.39, 0.29) is 5.41 Å². The predicted molar refractivity (Wildman–Crippen MR) is 79.0 cm³/mol. The van der Waals surface area contributed by atoms with Crippen molar-refractivity contribution in [3.8, 4) is 12.3 Å². The highest BCUT2D eigenvalue weighted by Gasteiger charge is 2.19. The highest BCUT2D eigenvalue weighted by Crippen LogP contribution is 2.24. The fraction of sp³-hybridized carbons (Fsp3) is 0.353. The van der Waals surface area contributed by atoms with Crippen molar-refractivity contribution in [3.05, 3.63) is 53.6 Å². The van der Waals surface area contributed by atoms with Gasteiger partial charge in [0.2, 0.25) is 0 Å². The third-order valence-electron chi connectivity index (χ3n) is 3.21. The number of rotatable bonds is 3. The SMILES string of the molecule is C#Cc1ccc(C(C)(C)C)n1CCc1ccccn1. The van der Waals surface area contributed by atoms with E-state index in [1.807, 2.05) is 24.4 Å². The summed E-state index contributed by atoms with van der Waals surface area (Å²) >= 11 is 0. The number of terminal acetylenes is 1. The first-order chi connectivity index (χ1) is 9.02. The van der Waals surface area contributed by atoms with Gasteiger partial charge in [-0.1, -0.05) is 32.8 Å². The van der Waals surface area contributed by atoms with Gasteiger partial charge in [-0.25, -0.2) is 0 Å². The lowest BCUT2D eigenvalue weighted by atomic mass is 9.92. The molecule has 0 bridgehead atoms. The summed E-state index contributed by atoms with van der Waals surface area (Å²) in [5.74, 6) is 2.77. The molecule has 0 aliphatic heterocycles. The third-order valence-corrected chi connectivity index (χ3v) is 3.21. The maximum atomic E-state index is 5.59. The molecule has 0 aromatic carbocycles. The number of nitrogens with zero attached hydrogens (tertiary/aromatic N) is 2. The molecule has 2 rings (SSSR count). The van der Waals surface area contributed by atoms with Gasteiger partial charge in [0.25, 0.3) is 0 Å². The summed E-state index contributed by atoms with van der Waals surface area (Å²) in [4.78, 5) is 4.36. The molecule has 2 aromatic heterocycles. The largest absolute Gasteiger partial charge is 0.337 e. The van der Waals surface area contributed by atoms with Crippen LogP contribution in [0.3, 0.4) is 0 Å². The molecule has 2 aromatic rings. The van der Waals surface area contributed by atoms with Gasteiger partial charge in [0.1, 0.15) is 0 Å². The van der Waals surface area contributed by atoms with Crippen LogP contribution in [-0.4, -0.2) is 9.55 Å². The molecule has 0 aliphatic rings. The van der Waals surface area contributed by atoms with Gasteiger partial charge in [0.05, 0.1) is 5.69 Å². The van der Waals surface area contributed by atoms with Crippen molar-refractivity contribution in [2.24, 2.45) is 0 Å². The van der Waals surface area contributed by atoms with Crippen molar-refractivity contribution >= 4 is 0 Å². The molecule has 19 heavy (non-hydrogen) atoms. The molecule has 2 heterocycles. The second-order valence-electron chi connectivity index (χ2n) is 5.72. The second kappa shape index (κ2) is 5.32. The highest BCUT2D eigenvalue weighted by molar-refractivity contribution is 5.33. The quantitative estimate of drug-likeness (QED) is 0.765. The summed E-state index contributed by atoms with van der Waals surface area (Å²) in [6.45, 7) is 7.50. The van der Waals surface area contributed by atoms with Gasteiger partial charge in [-0.15, -0.1) is 6.42 Å². The lowest BCUT2D eigenvalue weighted by Crippen LogP contribution is -2.19. The van der Waals surface area contributed by atoms with Crippen molar-refractivity contribution in [2.75, 3.05) is 0 Å². The van der Waals surface area contributed by atoms with Crippen LogP contribution in [0.2, 0.25) is 0 Å². The van der Waals surface area contributed by atoms with E-state index in [1.54, 1.807) is 0 Å². The Morgan fingerprint density at radius 1 is 1.21 bits per heavy atom. The molecule has 0 spiro atoms. The average Bonchev–Trinajstić information content (AvgIpc) is 2.80. The van der Waals surface area contributed by atoms with Crippen LogP contribution in [0, 0.1) is 12.3 Å². The highest BCUT2D eigenvalue weighted by atomic mass is 15.0. The molecule has 0 atom stereocenters. The van der Waals surface area contributed by atoms with E-state index in [4.69, 9.17) is 6.42 Å². The lowest BCUT2D eigenvalue weighted by Gasteiger charge is -2.22. The number of hydrogen-bond acceptors (Lipinski definition) is 1. The van der Waals surface area contributed by atoms with Crippen LogP contribution in [0.1, 0.15) is 37.9 Å². The van der Waals surface area contributed by atoms with Gasteiger partial charge in [-0.3, -0.25) is 4.98 Å². The van der Waals surface area contributed by atoms with Crippen LogP contribution in [0.15, 0.2) is 36.5 Å². The van der Waals surface area contributed by atoms with Crippen LogP contribution in [0.4, 0.5) is 0 Å². The smallest absolute Gasteiger partial charge is 0.0919 e. The summed E-state index contributed by atoms with van der Waals surface area (Å²) < 4.78 is 2.23. The van der Waals surface area contributed by atoms with E-state index in [0.717, 1.165) is 24.4 Å². The molecule has 2 nitrogen and oxygen atoms in total.